The van der Waals surface area contributed by atoms with Crippen LogP contribution < -0.4 is 10.0 Å². The highest BCUT2D eigenvalue weighted by atomic mass is 35.5. The average Bonchev–Trinajstić information content (AvgIpc) is 3.46. The van der Waals surface area contributed by atoms with Crippen molar-refractivity contribution in [2.24, 2.45) is 0 Å². The van der Waals surface area contributed by atoms with Gasteiger partial charge >= 0.3 is 0 Å². The van der Waals surface area contributed by atoms with Crippen LogP contribution in [-0.2, 0) is 16.6 Å². The van der Waals surface area contributed by atoms with Crippen molar-refractivity contribution in [1.29, 1.82) is 0 Å². The Balaban J connectivity index is 1.48. The molecule has 1 amide bonds. The van der Waals surface area contributed by atoms with Gasteiger partial charge in [-0.2, -0.15) is 4.98 Å². The van der Waals surface area contributed by atoms with Crippen LogP contribution in [0.5, 0.6) is 0 Å². The Labute approximate surface area is 182 Å². The van der Waals surface area contributed by atoms with E-state index >= 15 is 0 Å². The second kappa shape index (κ2) is 8.25. The lowest BCUT2D eigenvalue weighted by Gasteiger charge is -2.11. The van der Waals surface area contributed by atoms with E-state index in [0.29, 0.717) is 22.5 Å². The summed E-state index contributed by atoms with van der Waals surface area (Å²) in [4.78, 5) is 16.5. The van der Waals surface area contributed by atoms with E-state index < -0.39 is 15.9 Å². The van der Waals surface area contributed by atoms with Gasteiger partial charge in [0, 0.05) is 22.2 Å². The highest BCUT2D eigenvalue weighted by Crippen LogP contribution is 2.38. The number of hydrogen-bond donors (Lipinski definition) is 2. The summed E-state index contributed by atoms with van der Waals surface area (Å²) >= 11 is 11.9. The first-order chi connectivity index (χ1) is 14.3. The first-order valence-electron chi connectivity index (χ1n) is 9.00. The Morgan fingerprint density at radius 3 is 2.57 bits per heavy atom. The lowest BCUT2D eigenvalue weighted by atomic mass is 10.2. The van der Waals surface area contributed by atoms with E-state index in [4.69, 9.17) is 27.7 Å². The minimum Gasteiger partial charge on any atom is -0.343 e. The Kier molecular flexibility index (Phi) is 5.68. The maximum atomic E-state index is 12.7. The molecule has 1 fully saturated rings. The van der Waals surface area contributed by atoms with E-state index in [1.807, 2.05) is 0 Å². The fraction of sp³-hybridized carbons (Fsp3) is 0.211. The van der Waals surface area contributed by atoms with E-state index in [1.54, 1.807) is 12.1 Å². The molecule has 1 aromatic heterocycles. The minimum atomic E-state index is -4.03. The SMILES string of the molecule is O=C(NCc1nc(C2CC2)no1)c1ccc(Cl)c(S(=O)(=O)Nc2ccc(Cl)cc2)c1. The van der Waals surface area contributed by atoms with Crippen LogP contribution in [-0.4, -0.2) is 24.5 Å². The molecule has 0 saturated heterocycles. The zero-order valence-corrected chi connectivity index (χ0v) is 17.8. The maximum Gasteiger partial charge on any atom is 0.263 e. The van der Waals surface area contributed by atoms with E-state index in [-0.39, 0.29) is 27.9 Å². The predicted molar refractivity (Wildman–Crippen MR) is 111 cm³/mol. The number of sulfonamides is 1. The van der Waals surface area contributed by atoms with Crippen molar-refractivity contribution in [3.8, 4) is 0 Å². The summed E-state index contributed by atoms with van der Waals surface area (Å²) in [6.45, 7) is 0.0340. The van der Waals surface area contributed by atoms with Gasteiger partial charge in [-0.25, -0.2) is 8.42 Å². The topological polar surface area (TPSA) is 114 Å². The molecule has 1 aliphatic rings. The van der Waals surface area contributed by atoms with Crippen LogP contribution in [0.1, 0.15) is 40.8 Å². The molecule has 0 atom stereocenters. The van der Waals surface area contributed by atoms with Gasteiger partial charge in [-0.05, 0) is 55.3 Å². The minimum absolute atomic E-state index is 0.0148. The maximum absolute atomic E-state index is 12.7. The molecule has 1 saturated carbocycles. The third-order valence-electron chi connectivity index (χ3n) is 4.41. The summed E-state index contributed by atoms with van der Waals surface area (Å²) in [7, 11) is -4.03. The monoisotopic (exact) mass is 466 g/mol. The van der Waals surface area contributed by atoms with Gasteiger partial charge in [0.1, 0.15) is 4.90 Å². The first kappa shape index (κ1) is 20.6. The van der Waals surface area contributed by atoms with Crippen molar-refractivity contribution >= 4 is 44.8 Å². The van der Waals surface area contributed by atoms with Crippen LogP contribution >= 0.6 is 23.2 Å². The number of anilines is 1. The fourth-order valence-electron chi connectivity index (χ4n) is 2.68. The third-order valence-corrected chi connectivity index (χ3v) is 6.52. The number of amides is 1. The van der Waals surface area contributed by atoms with E-state index in [9.17, 15) is 13.2 Å². The van der Waals surface area contributed by atoms with E-state index in [2.05, 4.69) is 20.2 Å². The standard InChI is InChI=1S/C19H16Cl2N4O4S/c20-13-4-6-14(7-5-13)25-30(27,28)16-9-12(3-8-15(16)21)19(26)22-10-17-23-18(24-29-17)11-1-2-11/h3-9,11,25H,1-2,10H2,(H,22,26). The molecule has 30 heavy (non-hydrogen) atoms. The number of carbonyl (C=O) groups excluding carboxylic acids is 1. The molecule has 0 aliphatic heterocycles. The Morgan fingerprint density at radius 2 is 1.87 bits per heavy atom. The molecule has 2 N–H and O–H groups in total. The summed E-state index contributed by atoms with van der Waals surface area (Å²) < 4.78 is 33.0. The van der Waals surface area contributed by atoms with Crippen LogP contribution in [0.15, 0.2) is 51.9 Å². The highest BCUT2D eigenvalue weighted by molar-refractivity contribution is 7.92. The van der Waals surface area contributed by atoms with E-state index in [0.717, 1.165) is 12.8 Å². The van der Waals surface area contributed by atoms with Gasteiger partial charge in [0.2, 0.25) is 5.89 Å². The Morgan fingerprint density at radius 1 is 1.13 bits per heavy atom. The molecule has 0 bridgehead atoms. The number of nitrogens with zero attached hydrogens (tertiary/aromatic N) is 2. The molecule has 3 aromatic rings. The summed E-state index contributed by atoms with van der Waals surface area (Å²) in [6.07, 6.45) is 2.08. The van der Waals surface area contributed by atoms with Gasteiger partial charge in [-0.3, -0.25) is 9.52 Å². The molecule has 0 radical (unpaired) electrons. The van der Waals surface area contributed by atoms with Crippen LogP contribution in [0.4, 0.5) is 5.69 Å². The lowest BCUT2D eigenvalue weighted by molar-refractivity contribution is 0.0946. The van der Waals surface area contributed by atoms with Crippen molar-refractivity contribution < 1.29 is 17.7 Å². The number of rotatable bonds is 7. The van der Waals surface area contributed by atoms with Gasteiger partial charge in [0.25, 0.3) is 15.9 Å². The molecular formula is C19H16Cl2N4O4S. The van der Waals surface area contributed by atoms with Crippen molar-refractivity contribution in [3.05, 3.63) is 69.8 Å². The zero-order chi connectivity index (χ0) is 21.3. The summed E-state index contributed by atoms with van der Waals surface area (Å²) in [6, 6.07) is 10.1. The number of aromatic nitrogens is 2. The number of halogens is 2. The molecule has 1 heterocycles. The molecule has 4 rings (SSSR count). The van der Waals surface area contributed by atoms with Crippen LogP contribution in [0.2, 0.25) is 10.0 Å². The molecule has 2 aromatic carbocycles. The third kappa shape index (κ3) is 4.75. The van der Waals surface area contributed by atoms with Gasteiger partial charge in [0.15, 0.2) is 5.82 Å². The quantitative estimate of drug-likeness (QED) is 0.543. The van der Waals surface area contributed by atoms with Crippen molar-refractivity contribution in [3.63, 3.8) is 0 Å². The van der Waals surface area contributed by atoms with Crippen molar-refractivity contribution in [2.45, 2.75) is 30.2 Å². The normalized spacial score (nSPS) is 13.8. The van der Waals surface area contributed by atoms with Gasteiger partial charge < -0.3 is 9.84 Å². The Bertz CT molecular complexity index is 1190. The van der Waals surface area contributed by atoms with Gasteiger partial charge in [-0.15, -0.1) is 0 Å². The summed E-state index contributed by atoms with van der Waals surface area (Å²) in [5.41, 5.74) is 0.436. The van der Waals surface area contributed by atoms with Crippen LogP contribution in [0.3, 0.4) is 0 Å². The predicted octanol–water partition coefficient (Wildman–Crippen LogP) is 3.98. The molecule has 156 valence electrons. The van der Waals surface area contributed by atoms with Gasteiger partial charge in [-0.1, -0.05) is 28.4 Å². The fourth-order valence-corrected chi connectivity index (χ4v) is 4.40. The second-order valence-electron chi connectivity index (χ2n) is 6.76. The number of carbonyl (C=O) groups is 1. The van der Waals surface area contributed by atoms with Crippen LogP contribution in [0, 0.1) is 0 Å². The van der Waals surface area contributed by atoms with E-state index in [1.165, 1.54) is 30.3 Å². The molecule has 0 spiro atoms. The second-order valence-corrected chi connectivity index (χ2v) is 9.26. The number of benzene rings is 2. The summed E-state index contributed by atoms with van der Waals surface area (Å²) in [5.74, 6) is 0.778. The zero-order valence-electron chi connectivity index (χ0n) is 15.4. The summed E-state index contributed by atoms with van der Waals surface area (Å²) in [5, 5.41) is 6.97. The van der Waals surface area contributed by atoms with Gasteiger partial charge in [0.05, 0.1) is 11.6 Å². The smallest absolute Gasteiger partial charge is 0.263 e. The molecule has 11 heteroatoms. The van der Waals surface area contributed by atoms with Crippen LogP contribution in [0.25, 0.3) is 0 Å². The lowest BCUT2D eigenvalue weighted by Crippen LogP contribution is -2.23. The number of nitrogens with one attached hydrogen (secondary N) is 2. The highest BCUT2D eigenvalue weighted by Gasteiger charge is 2.28. The molecular weight excluding hydrogens is 451 g/mol. The Hall–Kier alpha value is -2.62. The molecule has 1 aliphatic carbocycles. The number of hydrogen-bond acceptors (Lipinski definition) is 6. The molecule has 8 nitrogen and oxygen atoms in total. The molecule has 0 unspecified atom stereocenters. The largest absolute Gasteiger partial charge is 0.343 e. The van der Waals surface area contributed by atoms with Crippen molar-refractivity contribution in [1.82, 2.24) is 15.5 Å². The average molecular weight is 467 g/mol. The first-order valence-corrected chi connectivity index (χ1v) is 11.2. The van der Waals surface area contributed by atoms with Crippen molar-refractivity contribution in [2.75, 3.05) is 4.72 Å².